The summed E-state index contributed by atoms with van der Waals surface area (Å²) in [6.45, 7) is 2.00. The lowest BCUT2D eigenvalue weighted by Gasteiger charge is -2.10. The van der Waals surface area contributed by atoms with Crippen molar-refractivity contribution in [2.45, 2.75) is 25.9 Å². The molecule has 0 aliphatic carbocycles. The molecule has 22 heavy (non-hydrogen) atoms. The number of aryl methyl sites for hydroxylation is 1. The summed E-state index contributed by atoms with van der Waals surface area (Å²) in [5.74, 6) is 0. The van der Waals surface area contributed by atoms with Gasteiger partial charge in [-0.2, -0.15) is 13.2 Å². The van der Waals surface area contributed by atoms with Crippen LogP contribution >= 0.6 is 11.6 Å². The fraction of sp³-hybridized carbons (Fsp3) is 0.250. The maximum atomic E-state index is 12.9. The van der Waals surface area contributed by atoms with Crippen LogP contribution in [0.4, 0.5) is 18.9 Å². The van der Waals surface area contributed by atoms with E-state index in [2.05, 4.69) is 9.98 Å². The number of benzene rings is 1. The first-order valence-corrected chi connectivity index (χ1v) is 7.18. The lowest BCUT2D eigenvalue weighted by atomic mass is 9.99. The van der Waals surface area contributed by atoms with Crippen LogP contribution < -0.4 is 0 Å². The Labute approximate surface area is 130 Å². The van der Waals surface area contributed by atoms with E-state index in [0.29, 0.717) is 17.7 Å². The molecule has 1 aliphatic rings. The predicted octanol–water partition coefficient (Wildman–Crippen LogP) is 4.99. The number of rotatable bonds is 2. The quantitative estimate of drug-likeness (QED) is 0.763. The van der Waals surface area contributed by atoms with Crippen LogP contribution in [0.2, 0.25) is 5.02 Å². The smallest absolute Gasteiger partial charge is 0.264 e. The minimum atomic E-state index is -4.48. The van der Waals surface area contributed by atoms with Gasteiger partial charge in [0.05, 0.1) is 22.0 Å². The van der Waals surface area contributed by atoms with Crippen molar-refractivity contribution in [1.82, 2.24) is 4.98 Å². The average molecular weight is 325 g/mol. The first-order valence-electron chi connectivity index (χ1n) is 6.80. The van der Waals surface area contributed by atoms with Gasteiger partial charge in [-0.1, -0.05) is 18.5 Å². The highest BCUT2D eigenvalue weighted by atomic mass is 35.5. The summed E-state index contributed by atoms with van der Waals surface area (Å²) in [5.41, 5.74) is 2.92. The molecule has 0 spiro atoms. The summed E-state index contributed by atoms with van der Waals surface area (Å²) in [6.07, 6.45) is 0.204. The van der Waals surface area contributed by atoms with Gasteiger partial charge in [-0.05, 0) is 35.7 Å². The maximum Gasteiger partial charge on any atom is 0.417 e. The van der Waals surface area contributed by atoms with Gasteiger partial charge in [0.15, 0.2) is 0 Å². The van der Waals surface area contributed by atoms with E-state index in [0.717, 1.165) is 29.3 Å². The number of nitrogens with zero attached hydrogens (tertiary/aromatic N) is 2. The highest BCUT2D eigenvalue weighted by Crippen LogP contribution is 2.41. The predicted molar refractivity (Wildman–Crippen MR) is 80.0 cm³/mol. The summed E-state index contributed by atoms with van der Waals surface area (Å²) in [6, 6.07) is 4.23. The molecule has 6 heteroatoms. The third-order valence-electron chi connectivity index (χ3n) is 3.68. The lowest BCUT2D eigenvalue weighted by molar-refractivity contribution is -0.137. The van der Waals surface area contributed by atoms with Crippen LogP contribution in [0.3, 0.4) is 0 Å². The Hall–Kier alpha value is -1.88. The van der Waals surface area contributed by atoms with Crippen LogP contribution in [-0.4, -0.2) is 10.7 Å². The van der Waals surface area contributed by atoms with Crippen LogP contribution in [0.5, 0.6) is 0 Å². The molecule has 0 saturated heterocycles. The van der Waals surface area contributed by atoms with Crippen molar-refractivity contribution in [2.24, 2.45) is 4.99 Å². The molecule has 0 atom stereocenters. The van der Waals surface area contributed by atoms with E-state index in [1.165, 1.54) is 6.07 Å². The number of hydrogen-bond acceptors (Lipinski definition) is 2. The largest absolute Gasteiger partial charge is 0.417 e. The van der Waals surface area contributed by atoms with E-state index >= 15 is 0 Å². The van der Waals surface area contributed by atoms with E-state index in [-0.39, 0.29) is 5.02 Å². The van der Waals surface area contributed by atoms with Crippen molar-refractivity contribution < 1.29 is 13.2 Å². The minimum Gasteiger partial charge on any atom is -0.264 e. The normalized spacial score (nSPS) is 14.0. The van der Waals surface area contributed by atoms with Gasteiger partial charge in [0.25, 0.3) is 0 Å². The summed E-state index contributed by atoms with van der Waals surface area (Å²) in [4.78, 5) is 8.45. The molecule has 1 aliphatic heterocycles. The van der Waals surface area contributed by atoms with Gasteiger partial charge in [-0.15, -0.1) is 0 Å². The average Bonchev–Trinajstić information content (AvgIpc) is 2.87. The van der Waals surface area contributed by atoms with E-state index < -0.39 is 11.7 Å². The van der Waals surface area contributed by atoms with Crippen molar-refractivity contribution >= 4 is 23.0 Å². The van der Waals surface area contributed by atoms with Gasteiger partial charge in [0, 0.05) is 24.4 Å². The number of pyridine rings is 1. The lowest BCUT2D eigenvalue weighted by Crippen LogP contribution is -2.06. The number of alkyl halides is 3. The Kier molecular flexibility index (Phi) is 3.68. The second-order valence-corrected chi connectivity index (χ2v) is 5.49. The Morgan fingerprint density at radius 2 is 2.05 bits per heavy atom. The van der Waals surface area contributed by atoms with Crippen molar-refractivity contribution in [1.29, 1.82) is 0 Å². The molecule has 2 aromatic rings. The second kappa shape index (κ2) is 5.39. The summed E-state index contributed by atoms with van der Waals surface area (Å²) >= 11 is 5.76. The van der Waals surface area contributed by atoms with Gasteiger partial charge >= 0.3 is 6.18 Å². The van der Waals surface area contributed by atoms with Crippen LogP contribution in [0, 0.1) is 0 Å². The third-order valence-corrected chi connectivity index (χ3v) is 4.00. The fourth-order valence-corrected chi connectivity index (χ4v) is 2.87. The van der Waals surface area contributed by atoms with E-state index in [1.54, 1.807) is 12.4 Å². The van der Waals surface area contributed by atoms with E-state index in [4.69, 9.17) is 11.6 Å². The summed E-state index contributed by atoms with van der Waals surface area (Å²) in [7, 11) is 0. The monoisotopic (exact) mass is 324 g/mol. The van der Waals surface area contributed by atoms with Gasteiger partial charge < -0.3 is 0 Å². The Morgan fingerprint density at radius 3 is 2.73 bits per heavy atom. The molecule has 0 radical (unpaired) electrons. The molecule has 1 aromatic carbocycles. The molecule has 0 fully saturated rings. The molecular weight excluding hydrogens is 313 g/mol. The van der Waals surface area contributed by atoms with Crippen molar-refractivity contribution in [3.63, 3.8) is 0 Å². The van der Waals surface area contributed by atoms with Gasteiger partial charge in [0.1, 0.15) is 0 Å². The van der Waals surface area contributed by atoms with E-state index in [1.807, 2.05) is 13.0 Å². The number of aliphatic imine (C=N–C) groups is 1. The fourth-order valence-electron chi connectivity index (χ4n) is 2.58. The molecule has 0 unspecified atom stereocenters. The minimum absolute atomic E-state index is 0.284. The zero-order valence-electron chi connectivity index (χ0n) is 11.7. The standard InChI is InChI=1S/C16H12ClF3N2/c1-2-9-8-21-4-3-11(9)15-6-10-5-13(17)12(16(18,19)20)7-14(10)22-15/h3-5,7-8H,2,6H2,1H3. The van der Waals surface area contributed by atoms with Crippen LogP contribution in [0.25, 0.3) is 0 Å². The van der Waals surface area contributed by atoms with Gasteiger partial charge in [-0.3, -0.25) is 9.98 Å². The molecule has 0 bridgehead atoms. The molecule has 0 amide bonds. The number of aromatic nitrogens is 1. The van der Waals surface area contributed by atoms with Crippen LogP contribution in [0.15, 0.2) is 35.6 Å². The summed E-state index contributed by atoms with van der Waals surface area (Å²) < 4.78 is 38.7. The molecular formula is C16H12ClF3N2. The Balaban J connectivity index is 2.05. The molecule has 2 nitrogen and oxygen atoms in total. The second-order valence-electron chi connectivity index (χ2n) is 5.08. The van der Waals surface area contributed by atoms with Crippen LogP contribution in [0.1, 0.15) is 29.2 Å². The third kappa shape index (κ3) is 2.61. The zero-order valence-corrected chi connectivity index (χ0v) is 12.5. The number of halogens is 4. The van der Waals surface area contributed by atoms with Gasteiger partial charge in [-0.25, -0.2) is 0 Å². The maximum absolute atomic E-state index is 12.9. The van der Waals surface area contributed by atoms with E-state index in [9.17, 15) is 13.2 Å². The number of fused-ring (bicyclic) bond motifs is 1. The highest BCUT2D eigenvalue weighted by Gasteiger charge is 2.35. The van der Waals surface area contributed by atoms with Crippen molar-refractivity contribution in [3.8, 4) is 0 Å². The molecule has 1 aromatic heterocycles. The molecule has 0 N–H and O–H groups in total. The van der Waals surface area contributed by atoms with Crippen LogP contribution in [-0.2, 0) is 19.0 Å². The molecule has 0 saturated carbocycles. The zero-order chi connectivity index (χ0) is 15.9. The molecule has 2 heterocycles. The topological polar surface area (TPSA) is 25.2 Å². The Morgan fingerprint density at radius 1 is 1.27 bits per heavy atom. The highest BCUT2D eigenvalue weighted by molar-refractivity contribution is 6.31. The Bertz CT molecular complexity index is 766. The number of hydrogen-bond donors (Lipinski definition) is 0. The first-order chi connectivity index (χ1) is 10.4. The van der Waals surface area contributed by atoms with Gasteiger partial charge in [0.2, 0.25) is 0 Å². The first kappa shape index (κ1) is 15.0. The molecule has 114 valence electrons. The van der Waals surface area contributed by atoms with Crippen molar-refractivity contribution in [2.75, 3.05) is 0 Å². The molecule has 3 rings (SSSR count). The van der Waals surface area contributed by atoms with Crippen molar-refractivity contribution in [3.05, 3.63) is 57.9 Å². The summed E-state index contributed by atoms with van der Waals surface area (Å²) in [5, 5.41) is -0.284. The SMILES string of the molecule is CCc1cnccc1C1=Nc2cc(C(F)(F)F)c(Cl)cc2C1.